The van der Waals surface area contributed by atoms with Crippen LogP contribution < -0.4 is 5.32 Å². The van der Waals surface area contributed by atoms with Gasteiger partial charge in [0.1, 0.15) is 28.7 Å². The van der Waals surface area contributed by atoms with E-state index in [1.807, 2.05) is 48.7 Å². The van der Waals surface area contributed by atoms with Crippen molar-refractivity contribution in [3.8, 4) is 11.1 Å². The molecule has 2 N–H and O–H groups in total. The summed E-state index contributed by atoms with van der Waals surface area (Å²) in [5.41, 5.74) is 6.70. The quantitative estimate of drug-likeness (QED) is 0.0609. The van der Waals surface area contributed by atoms with Gasteiger partial charge in [0.05, 0.1) is 73.7 Å². The number of aryl methyl sites for hydroxylation is 3. The number of aromatic nitrogens is 4. The predicted molar refractivity (Wildman–Crippen MR) is 248 cm³/mol. The van der Waals surface area contributed by atoms with Gasteiger partial charge in [0.25, 0.3) is 5.91 Å². The lowest BCUT2D eigenvalue weighted by Gasteiger charge is -2.12. The molecule has 1 amide bonds. The second-order valence-electron chi connectivity index (χ2n) is 15.5. The molecule has 1 aliphatic heterocycles. The fourth-order valence-corrected chi connectivity index (χ4v) is 10.2. The molecule has 0 saturated heterocycles. The van der Waals surface area contributed by atoms with Crippen LogP contribution in [0.25, 0.3) is 15.9 Å². The van der Waals surface area contributed by atoms with E-state index in [1.54, 1.807) is 23.6 Å². The molecule has 15 nitrogen and oxygen atoms in total. The molecule has 0 bridgehead atoms. The number of hydrogen-bond acceptors (Lipinski definition) is 13. The van der Waals surface area contributed by atoms with E-state index >= 15 is 0 Å². The van der Waals surface area contributed by atoms with Crippen LogP contribution >= 0.6 is 22.9 Å². The number of sulfone groups is 1. The van der Waals surface area contributed by atoms with Crippen LogP contribution in [-0.4, -0.2) is 105 Å². The number of nitriles is 1. The maximum atomic E-state index is 13.3. The van der Waals surface area contributed by atoms with Crippen LogP contribution in [0.2, 0.25) is 5.02 Å². The molecule has 18 heteroatoms. The maximum Gasteiger partial charge on any atom is 0.251 e. The number of carbonyl (C=O) groups excluding carboxylic acids is 2. The largest absolute Gasteiger partial charge is 0.379 e. The third-order valence-corrected chi connectivity index (χ3v) is 13.8. The Kier molecular flexibility index (Phi) is 16.1. The molecule has 1 aliphatic rings. The number of benzene rings is 3. The normalized spacial score (nSPS) is 13.5. The fourth-order valence-electron chi connectivity index (χ4n) is 7.55. The second kappa shape index (κ2) is 22.1. The Balaban J connectivity index is 0.722. The van der Waals surface area contributed by atoms with Crippen molar-refractivity contribution in [3.63, 3.8) is 0 Å². The lowest BCUT2D eigenvalue weighted by molar-refractivity contribution is -0.119. The average Bonchev–Trinajstić information content (AvgIpc) is 4.00. The highest BCUT2D eigenvalue weighted by atomic mass is 35.5. The molecule has 0 aliphatic carbocycles. The summed E-state index contributed by atoms with van der Waals surface area (Å²) >= 11 is 7.81. The molecule has 7 rings (SSSR count). The van der Waals surface area contributed by atoms with Crippen molar-refractivity contribution in [2.24, 2.45) is 4.99 Å². The molecule has 0 saturated carbocycles. The SMILES string of the molecule is Cc1csc2c1C(c1ccc(Cl)cc1)=N[C@@H](CC(=O)CCCOCCOCCOCCOCCNC(=O)c1ccc(S(=O)(=O)Cc3ccc(C)c4c(C#N)c[nH]c34)cc1)c1nnc(C)n1-2. The summed E-state index contributed by atoms with van der Waals surface area (Å²) in [6.45, 7) is 9.06. The first-order valence-corrected chi connectivity index (χ1v) is 24.1. The number of carbonyl (C=O) groups is 2. The van der Waals surface area contributed by atoms with Crippen molar-refractivity contribution in [2.45, 2.75) is 56.7 Å². The minimum Gasteiger partial charge on any atom is -0.379 e. The van der Waals surface area contributed by atoms with Crippen LogP contribution in [0.5, 0.6) is 0 Å². The van der Waals surface area contributed by atoms with Crippen LogP contribution in [0, 0.1) is 32.1 Å². The number of halogens is 1. The highest BCUT2D eigenvalue weighted by Gasteiger charge is 2.31. The number of nitrogens with one attached hydrogen (secondary N) is 2. The van der Waals surface area contributed by atoms with Gasteiger partial charge in [-0.25, -0.2) is 8.42 Å². The summed E-state index contributed by atoms with van der Waals surface area (Å²) in [7, 11) is -3.72. The topological polar surface area (TPSA) is 200 Å². The van der Waals surface area contributed by atoms with Crippen molar-refractivity contribution in [2.75, 3.05) is 59.4 Å². The monoisotopic (exact) mass is 939 g/mol. The number of ether oxygens (including phenoxy) is 4. The minimum absolute atomic E-state index is 0.0690. The van der Waals surface area contributed by atoms with Gasteiger partial charge in [0, 0.05) is 59.3 Å². The molecule has 3 aromatic carbocycles. The van der Waals surface area contributed by atoms with E-state index in [0.29, 0.717) is 97.5 Å². The van der Waals surface area contributed by atoms with Crippen molar-refractivity contribution in [1.82, 2.24) is 25.1 Å². The average molecular weight is 941 g/mol. The molecule has 4 heterocycles. The molecule has 0 radical (unpaired) electrons. The van der Waals surface area contributed by atoms with Gasteiger partial charge in [0.15, 0.2) is 15.7 Å². The number of amides is 1. The number of aliphatic imine (C=N–C) groups is 1. The van der Waals surface area contributed by atoms with E-state index in [4.69, 9.17) is 35.5 Å². The van der Waals surface area contributed by atoms with Gasteiger partial charge in [-0.1, -0.05) is 35.9 Å². The lowest BCUT2D eigenvalue weighted by Crippen LogP contribution is -2.27. The first kappa shape index (κ1) is 47.4. The highest BCUT2D eigenvalue weighted by Crippen LogP contribution is 2.38. The molecule has 0 spiro atoms. The third kappa shape index (κ3) is 11.6. The highest BCUT2D eigenvalue weighted by molar-refractivity contribution is 7.90. The van der Waals surface area contributed by atoms with E-state index in [9.17, 15) is 23.3 Å². The van der Waals surface area contributed by atoms with E-state index < -0.39 is 15.9 Å². The molecule has 1 atom stereocenters. The molecule has 6 aromatic rings. The summed E-state index contributed by atoms with van der Waals surface area (Å²) in [4.78, 5) is 34.2. The zero-order chi connectivity index (χ0) is 45.9. The summed E-state index contributed by atoms with van der Waals surface area (Å²) in [5.74, 6) is 0.863. The predicted octanol–water partition coefficient (Wildman–Crippen LogP) is 7.36. The summed E-state index contributed by atoms with van der Waals surface area (Å²) in [6, 6.07) is 18.6. The zero-order valence-electron chi connectivity index (χ0n) is 36.4. The van der Waals surface area contributed by atoms with Crippen molar-refractivity contribution in [1.29, 1.82) is 5.26 Å². The minimum atomic E-state index is -3.72. The van der Waals surface area contributed by atoms with Crippen LogP contribution in [0.3, 0.4) is 0 Å². The Bertz CT molecular complexity index is 2810. The van der Waals surface area contributed by atoms with Gasteiger partial charge < -0.3 is 29.2 Å². The number of rotatable bonds is 23. The Morgan fingerprint density at radius 2 is 1.55 bits per heavy atom. The van der Waals surface area contributed by atoms with Gasteiger partial charge in [-0.2, -0.15) is 5.26 Å². The molecule has 65 heavy (non-hydrogen) atoms. The molecule has 340 valence electrons. The van der Waals surface area contributed by atoms with Gasteiger partial charge in [-0.3, -0.25) is 19.1 Å². The molecule has 3 aromatic heterocycles. The number of Topliss-reactive ketones (excluding diaryl/α,β-unsaturated/α-hetero) is 1. The molecular formula is C47H50ClN7O8S2. The van der Waals surface area contributed by atoms with Gasteiger partial charge >= 0.3 is 0 Å². The Morgan fingerprint density at radius 1 is 0.877 bits per heavy atom. The third-order valence-electron chi connectivity index (χ3n) is 10.8. The summed E-state index contributed by atoms with van der Waals surface area (Å²) < 4.78 is 50.9. The Morgan fingerprint density at radius 3 is 2.25 bits per heavy atom. The first-order valence-electron chi connectivity index (χ1n) is 21.2. The second-order valence-corrected chi connectivity index (χ2v) is 18.8. The summed E-state index contributed by atoms with van der Waals surface area (Å²) in [5, 5.41) is 25.4. The van der Waals surface area contributed by atoms with E-state index in [2.05, 4.69) is 38.9 Å². The van der Waals surface area contributed by atoms with Crippen molar-refractivity contribution >= 4 is 61.1 Å². The van der Waals surface area contributed by atoms with E-state index in [-0.39, 0.29) is 41.9 Å². The lowest BCUT2D eigenvalue weighted by atomic mass is 10.0. The number of fused-ring (bicyclic) bond motifs is 4. The van der Waals surface area contributed by atoms with E-state index in [1.165, 1.54) is 24.3 Å². The van der Waals surface area contributed by atoms with Gasteiger partial charge in [0.2, 0.25) is 0 Å². The van der Waals surface area contributed by atoms with E-state index in [0.717, 1.165) is 38.8 Å². The molecule has 0 fully saturated rings. The number of hydrogen-bond donors (Lipinski definition) is 2. The van der Waals surface area contributed by atoms with Crippen LogP contribution in [-0.2, 0) is 39.3 Å². The van der Waals surface area contributed by atoms with Gasteiger partial charge in [-0.15, -0.1) is 21.5 Å². The standard InChI is InChI=1S/C47H50ClN7O8S2/c1-30-6-7-35(43-41(30)36(26-49)27-51-43)29-65(58,59)39-14-10-34(11-15-39)46(57)50-16-18-61-20-22-63-24-23-62-21-19-60-17-4-5-38(56)25-40-45-54-53-32(3)55(45)47-42(31(2)28-64-47)44(52-40)33-8-12-37(48)13-9-33/h6-15,27-28,40,51H,4-5,16-25,29H2,1-3H3,(H,50,57)/t40-/m0/s1. The zero-order valence-corrected chi connectivity index (χ0v) is 38.8. The number of nitrogens with zero attached hydrogens (tertiary/aromatic N) is 5. The van der Waals surface area contributed by atoms with Crippen LogP contribution in [0.1, 0.15) is 80.7 Å². The number of thiophene rings is 1. The van der Waals surface area contributed by atoms with Crippen LogP contribution in [0.15, 0.2) is 82.1 Å². The fraction of sp³-hybridized carbons (Fsp3) is 0.362. The van der Waals surface area contributed by atoms with Crippen molar-refractivity contribution in [3.05, 3.63) is 128 Å². The summed E-state index contributed by atoms with van der Waals surface area (Å²) in [6.07, 6.45) is 2.70. The number of aromatic amines is 1. The maximum absolute atomic E-state index is 13.3. The number of H-pyrrole nitrogens is 1. The Hall–Kier alpha value is -5.58. The van der Waals surface area contributed by atoms with Crippen molar-refractivity contribution < 1.29 is 37.0 Å². The molecule has 0 unspecified atom stereocenters. The first-order chi connectivity index (χ1) is 31.4. The Labute approximate surface area is 386 Å². The number of ketones is 1. The molecular weight excluding hydrogens is 890 g/mol. The van der Waals surface area contributed by atoms with Gasteiger partial charge in [-0.05, 0) is 85.7 Å². The van der Waals surface area contributed by atoms with Crippen LogP contribution in [0.4, 0.5) is 0 Å². The smallest absolute Gasteiger partial charge is 0.251 e.